The number of hydrogen-bond acceptors (Lipinski definition) is 4. The molecular formula is C18H12O8. The van der Waals surface area contributed by atoms with Gasteiger partial charge >= 0.3 is 23.9 Å². The Labute approximate surface area is 146 Å². The number of hydrogen-bond donors (Lipinski definition) is 4. The lowest BCUT2D eigenvalue weighted by atomic mass is 10.00. The molecule has 2 rings (SSSR count). The third kappa shape index (κ3) is 3.93. The molecule has 2 aromatic rings. The van der Waals surface area contributed by atoms with E-state index in [1.54, 1.807) is 0 Å². The molecule has 8 nitrogen and oxygen atoms in total. The van der Waals surface area contributed by atoms with Crippen LogP contribution in [-0.4, -0.2) is 44.3 Å². The van der Waals surface area contributed by atoms with Crippen LogP contribution < -0.4 is 0 Å². The Hall–Kier alpha value is -3.94. The van der Waals surface area contributed by atoms with Gasteiger partial charge in [0.2, 0.25) is 0 Å². The van der Waals surface area contributed by atoms with Gasteiger partial charge in [0.15, 0.2) is 0 Å². The standard InChI is InChI=1S/C18H12O8/c19-15(20)11-5-3-9(13(7-11)17(23)24)1-2-10-4-6-12(16(21)22)8-14(10)18(25)26/h1-8H,(H,19,20)(H,21,22)(H,23,24)(H,25,26)/b2-1+. The van der Waals surface area contributed by atoms with Gasteiger partial charge in [0.25, 0.3) is 0 Å². The van der Waals surface area contributed by atoms with Crippen molar-refractivity contribution in [1.29, 1.82) is 0 Å². The summed E-state index contributed by atoms with van der Waals surface area (Å²) in [7, 11) is 0. The first kappa shape index (κ1) is 18.4. The van der Waals surface area contributed by atoms with Gasteiger partial charge in [-0.15, -0.1) is 0 Å². The van der Waals surface area contributed by atoms with Crippen molar-refractivity contribution in [2.45, 2.75) is 0 Å². The second kappa shape index (κ2) is 7.31. The van der Waals surface area contributed by atoms with E-state index < -0.39 is 23.9 Å². The van der Waals surface area contributed by atoms with Crippen molar-refractivity contribution in [2.24, 2.45) is 0 Å². The van der Waals surface area contributed by atoms with E-state index in [9.17, 15) is 29.4 Å². The van der Waals surface area contributed by atoms with Crippen LogP contribution in [0, 0.1) is 0 Å². The maximum Gasteiger partial charge on any atom is 0.336 e. The van der Waals surface area contributed by atoms with Crippen LogP contribution >= 0.6 is 0 Å². The minimum absolute atomic E-state index is 0.168. The Bertz CT molecular complexity index is 878. The van der Waals surface area contributed by atoms with Gasteiger partial charge in [0.05, 0.1) is 22.3 Å². The highest BCUT2D eigenvalue weighted by Crippen LogP contribution is 2.19. The second-order valence-electron chi connectivity index (χ2n) is 5.16. The van der Waals surface area contributed by atoms with Crippen LogP contribution in [0.1, 0.15) is 52.6 Å². The Balaban J connectivity index is 2.50. The molecule has 0 aliphatic carbocycles. The van der Waals surface area contributed by atoms with Crippen molar-refractivity contribution in [3.63, 3.8) is 0 Å². The third-order valence-electron chi connectivity index (χ3n) is 3.50. The first-order valence-corrected chi connectivity index (χ1v) is 7.10. The van der Waals surface area contributed by atoms with Crippen LogP contribution in [0.15, 0.2) is 36.4 Å². The van der Waals surface area contributed by atoms with E-state index in [1.165, 1.54) is 36.4 Å². The lowest BCUT2D eigenvalue weighted by molar-refractivity contribution is 0.0676. The highest BCUT2D eigenvalue weighted by Gasteiger charge is 2.14. The number of rotatable bonds is 6. The maximum atomic E-state index is 11.3. The highest BCUT2D eigenvalue weighted by atomic mass is 16.4. The van der Waals surface area contributed by atoms with Crippen LogP contribution in [0.4, 0.5) is 0 Å². The van der Waals surface area contributed by atoms with Crippen LogP contribution in [0.2, 0.25) is 0 Å². The van der Waals surface area contributed by atoms with E-state index in [0.29, 0.717) is 0 Å². The van der Waals surface area contributed by atoms with Gasteiger partial charge in [-0.1, -0.05) is 24.3 Å². The first-order valence-electron chi connectivity index (χ1n) is 7.10. The minimum atomic E-state index is -1.34. The summed E-state index contributed by atoms with van der Waals surface area (Å²) in [6.07, 6.45) is 2.63. The Kier molecular flexibility index (Phi) is 5.17. The summed E-state index contributed by atoms with van der Waals surface area (Å²) < 4.78 is 0. The fourth-order valence-corrected chi connectivity index (χ4v) is 2.22. The van der Waals surface area contributed by atoms with Crippen LogP contribution in [0.25, 0.3) is 12.2 Å². The van der Waals surface area contributed by atoms with E-state index in [0.717, 1.165) is 12.1 Å². The number of aromatic carboxylic acids is 4. The van der Waals surface area contributed by atoms with Gasteiger partial charge in [-0.3, -0.25) is 0 Å². The molecule has 0 saturated heterocycles. The van der Waals surface area contributed by atoms with Gasteiger partial charge in [0, 0.05) is 0 Å². The largest absolute Gasteiger partial charge is 0.478 e. The molecule has 8 heteroatoms. The number of carboxylic acids is 4. The van der Waals surface area contributed by atoms with E-state index >= 15 is 0 Å². The molecule has 26 heavy (non-hydrogen) atoms. The summed E-state index contributed by atoms with van der Waals surface area (Å²) >= 11 is 0. The van der Waals surface area contributed by atoms with Gasteiger partial charge in [-0.25, -0.2) is 19.2 Å². The zero-order valence-corrected chi connectivity index (χ0v) is 13.0. The first-order chi connectivity index (χ1) is 12.2. The average molecular weight is 356 g/mol. The van der Waals surface area contributed by atoms with Crippen LogP contribution in [0.5, 0.6) is 0 Å². The summed E-state index contributed by atoms with van der Waals surface area (Å²) in [4.78, 5) is 44.5. The summed E-state index contributed by atoms with van der Waals surface area (Å²) in [5.74, 6) is -5.24. The van der Waals surface area contributed by atoms with Gasteiger partial charge < -0.3 is 20.4 Å². The molecule has 4 N–H and O–H groups in total. The van der Waals surface area contributed by atoms with Gasteiger partial charge in [-0.05, 0) is 35.4 Å². The number of carboxylic acid groups (broad SMARTS) is 4. The van der Waals surface area contributed by atoms with Crippen molar-refractivity contribution in [2.75, 3.05) is 0 Å². The predicted octanol–water partition coefficient (Wildman–Crippen LogP) is 2.65. The Morgan fingerprint density at radius 3 is 1.19 bits per heavy atom. The predicted molar refractivity (Wildman–Crippen MR) is 89.6 cm³/mol. The molecule has 0 bridgehead atoms. The van der Waals surface area contributed by atoms with Crippen LogP contribution in [-0.2, 0) is 0 Å². The zero-order chi connectivity index (χ0) is 19.4. The molecule has 0 amide bonds. The van der Waals surface area contributed by atoms with Gasteiger partial charge in [-0.2, -0.15) is 0 Å². The van der Waals surface area contributed by atoms with E-state index in [1.807, 2.05) is 0 Å². The normalized spacial score (nSPS) is 10.6. The lowest BCUT2D eigenvalue weighted by Gasteiger charge is -2.05. The molecule has 0 fully saturated rings. The SMILES string of the molecule is O=C(O)c1ccc(/C=C/c2ccc(C(=O)O)cc2C(=O)O)c(C(=O)O)c1. The summed E-state index contributed by atoms with van der Waals surface area (Å²) in [5.41, 5.74) is -0.587. The van der Waals surface area contributed by atoms with Crippen LogP contribution in [0.3, 0.4) is 0 Å². The number of carbonyl (C=O) groups is 4. The molecule has 0 aliphatic heterocycles. The molecule has 0 spiro atoms. The van der Waals surface area contributed by atoms with E-state index in [-0.39, 0.29) is 33.4 Å². The van der Waals surface area contributed by atoms with Crippen molar-refractivity contribution < 1.29 is 39.6 Å². The fourth-order valence-electron chi connectivity index (χ4n) is 2.22. The smallest absolute Gasteiger partial charge is 0.336 e. The second-order valence-corrected chi connectivity index (χ2v) is 5.16. The summed E-state index contributed by atoms with van der Waals surface area (Å²) in [5, 5.41) is 36.3. The fraction of sp³-hybridized carbons (Fsp3) is 0. The molecule has 2 aromatic carbocycles. The average Bonchev–Trinajstić information content (AvgIpc) is 2.59. The highest BCUT2D eigenvalue weighted by molar-refractivity contribution is 6.00. The number of benzene rings is 2. The topological polar surface area (TPSA) is 149 Å². The van der Waals surface area contributed by atoms with Crippen molar-refractivity contribution in [1.82, 2.24) is 0 Å². The molecular weight excluding hydrogens is 344 g/mol. The summed E-state index contributed by atoms with van der Waals surface area (Å²) in [6, 6.07) is 7.01. The van der Waals surface area contributed by atoms with Crippen molar-refractivity contribution in [3.05, 3.63) is 69.8 Å². The Morgan fingerprint density at radius 2 is 0.923 bits per heavy atom. The molecule has 0 atom stereocenters. The molecule has 0 unspecified atom stereocenters. The molecule has 0 radical (unpaired) electrons. The minimum Gasteiger partial charge on any atom is -0.478 e. The quantitative estimate of drug-likeness (QED) is 0.577. The van der Waals surface area contributed by atoms with E-state index in [4.69, 9.17) is 10.2 Å². The van der Waals surface area contributed by atoms with Gasteiger partial charge in [0.1, 0.15) is 0 Å². The van der Waals surface area contributed by atoms with E-state index in [2.05, 4.69) is 0 Å². The zero-order valence-electron chi connectivity index (χ0n) is 13.0. The Morgan fingerprint density at radius 1 is 0.577 bits per heavy atom. The lowest BCUT2D eigenvalue weighted by Crippen LogP contribution is -2.05. The van der Waals surface area contributed by atoms with Crippen molar-refractivity contribution in [3.8, 4) is 0 Å². The molecule has 0 heterocycles. The van der Waals surface area contributed by atoms with Crippen molar-refractivity contribution >= 4 is 36.0 Å². The molecule has 132 valence electrons. The molecule has 0 aliphatic rings. The molecule has 0 aromatic heterocycles. The molecule has 0 saturated carbocycles. The monoisotopic (exact) mass is 356 g/mol. The summed E-state index contributed by atoms with van der Waals surface area (Å²) in [6.45, 7) is 0. The third-order valence-corrected chi connectivity index (χ3v) is 3.50. The maximum absolute atomic E-state index is 11.3.